The quantitative estimate of drug-likeness (QED) is 0.344. The van der Waals surface area contributed by atoms with Crippen LogP contribution >= 0.6 is 22.6 Å². The molecule has 0 aromatic rings. The molecule has 0 aromatic heterocycles. The molecule has 0 heterocycles. The normalized spacial score (nSPS) is 11.1. The van der Waals surface area contributed by atoms with E-state index in [1.807, 2.05) is 0 Å². The van der Waals surface area contributed by atoms with Crippen LogP contribution in [0.3, 0.4) is 0 Å². The van der Waals surface area contributed by atoms with Gasteiger partial charge in [-0.05, 0) is 22.6 Å². The molecule has 0 radical (unpaired) electrons. The van der Waals surface area contributed by atoms with Gasteiger partial charge in [0.2, 0.25) is 10.0 Å². The number of carbonyl (C=O) groups is 2. The molecule has 0 aliphatic carbocycles. The molecule has 5 heteroatoms. The molecule has 66 valence electrons. The van der Waals surface area contributed by atoms with Gasteiger partial charge in [0.15, 0.2) is 0 Å². The molecule has 12 heavy (non-hydrogen) atoms. The molecule has 0 spiro atoms. The fraction of sp³-hybridized carbons (Fsp3) is 0.429. The Hall–Kier alpha value is -0.770. The van der Waals surface area contributed by atoms with Gasteiger partial charge in [0.1, 0.15) is 6.54 Å². The molecule has 4 nitrogen and oxygen atoms in total. The minimum atomic E-state index is -0.580. The third-order valence-electron chi connectivity index (χ3n) is 0.848. The summed E-state index contributed by atoms with van der Waals surface area (Å²) >= 11 is 1.79. The Bertz CT molecular complexity index is 221. The van der Waals surface area contributed by atoms with Crippen molar-refractivity contribution in [2.75, 3.05) is 6.54 Å². The van der Waals surface area contributed by atoms with Crippen LogP contribution < -0.4 is 5.32 Å². The zero-order valence-electron chi connectivity index (χ0n) is 6.46. The summed E-state index contributed by atoms with van der Waals surface area (Å²) in [5.74, 6) is 1.40. The van der Waals surface area contributed by atoms with Gasteiger partial charge in [-0.2, -0.15) is 0 Å². The highest BCUT2D eigenvalue weighted by atomic mass is 127. The summed E-state index contributed by atoms with van der Waals surface area (Å²) in [5.41, 5.74) is 0. The fourth-order valence-corrected chi connectivity index (χ4v) is 0.671. The number of esters is 1. The maximum absolute atomic E-state index is 10.8. The van der Waals surface area contributed by atoms with E-state index in [4.69, 9.17) is 6.42 Å². The fourth-order valence-electron chi connectivity index (χ4n) is 0.388. The average molecular weight is 281 g/mol. The molecule has 0 fully saturated rings. The second kappa shape index (κ2) is 5.83. The van der Waals surface area contributed by atoms with Crippen LogP contribution in [0, 0.1) is 12.3 Å². The lowest BCUT2D eigenvalue weighted by atomic mass is 10.6. The molecule has 0 aliphatic rings. The molecule has 0 saturated heterocycles. The van der Waals surface area contributed by atoms with Gasteiger partial charge in [-0.25, -0.2) is 0 Å². The molecule has 1 N–H and O–H groups in total. The second-order valence-electron chi connectivity index (χ2n) is 1.88. The molecule has 0 rings (SSSR count). The molecule has 0 saturated carbocycles. The second-order valence-corrected chi connectivity index (χ2v) is 3.01. The highest BCUT2D eigenvalue weighted by Crippen LogP contribution is 1.99. The van der Waals surface area contributed by atoms with Gasteiger partial charge in [0.05, 0.1) is 0 Å². The number of halogens is 1. The van der Waals surface area contributed by atoms with Crippen LogP contribution in [0.15, 0.2) is 0 Å². The molecule has 1 amide bonds. The minimum absolute atomic E-state index is 0.142. The highest BCUT2D eigenvalue weighted by molar-refractivity contribution is 14.1. The van der Waals surface area contributed by atoms with Crippen LogP contribution in [0.25, 0.3) is 0 Å². The number of hydrogen-bond donors (Lipinski definition) is 1. The van der Waals surface area contributed by atoms with E-state index in [0.717, 1.165) is 0 Å². The van der Waals surface area contributed by atoms with Crippen molar-refractivity contribution >= 4 is 34.5 Å². The predicted molar refractivity (Wildman–Crippen MR) is 51.4 cm³/mol. The lowest BCUT2D eigenvalue weighted by Crippen LogP contribution is -2.29. The molecule has 1 atom stereocenters. The van der Waals surface area contributed by atoms with Crippen LogP contribution in [0.4, 0.5) is 0 Å². The van der Waals surface area contributed by atoms with Crippen molar-refractivity contribution in [3.05, 3.63) is 0 Å². The van der Waals surface area contributed by atoms with Crippen molar-refractivity contribution < 1.29 is 14.3 Å². The number of ether oxygens (including phenoxy) is 1. The van der Waals surface area contributed by atoms with Gasteiger partial charge in [0, 0.05) is 6.92 Å². The summed E-state index contributed by atoms with van der Waals surface area (Å²) in [4.78, 5) is 21.1. The molecule has 0 aliphatic heterocycles. The maximum atomic E-state index is 10.8. The lowest BCUT2D eigenvalue weighted by molar-refractivity contribution is -0.143. The van der Waals surface area contributed by atoms with Gasteiger partial charge in [-0.15, -0.1) is 6.42 Å². The first-order valence-electron chi connectivity index (χ1n) is 3.10. The summed E-state index contributed by atoms with van der Waals surface area (Å²) in [6.45, 7) is 1.17. The molecular weight excluding hydrogens is 273 g/mol. The van der Waals surface area contributed by atoms with Crippen LogP contribution in [0.2, 0.25) is 0 Å². The molecule has 0 aromatic carbocycles. The third kappa shape index (κ3) is 5.97. The largest absolute Gasteiger partial charge is 0.438 e. The number of alkyl halides is 1. The summed E-state index contributed by atoms with van der Waals surface area (Å²) in [6.07, 6.45) is 4.95. The van der Waals surface area contributed by atoms with E-state index in [1.54, 1.807) is 22.6 Å². The molecular formula is C7H8INO3. The number of carbonyl (C=O) groups excluding carboxylic acids is 2. The van der Waals surface area contributed by atoms with Gasteiger partial charge in [-0.3, -0.25) is 9.59 Å². The smallest absolute Gasteiger partial charge is 0.327 e. The van der Waals surface area contributed by atoms with E-state index >= 15 is 0 Å². The summed E-state index contributed by atoms with van der Waals surface area (Å²) in [5, 5.41) is 2.29. The van der Waals surface area contributed by atoms with Crippen LogP contribution in [-0.4, -0.2) is 22.5 Å². The first-order chi connectivity index (χ1) is 5.56. The maximum Gasteiger partial charge on any atom is 0.327 e. The Kier molecular flexibility index (Phi) is 5.45. The standard InChI is InChI=1S/C7H8INO3/c1-3-6(8)12-7(11)4-9-5(2)10/h1,6H,4H2,2H3,(H,9,10). The van der Waals surface area contributed by atoms with Crippen molar-refractivity contribution in [3.63, 3.8) is 0 Å². The van der Waals surface area contributed by atoms with Crippen molar-refractivity contribution in [2.24, 2.45) is 0 Å². The number of terminal acetylenes is 1. The Balaban J connectivity index is 3.62. The van der Waals surface area contributed by atoms with Gasteiger partial charge < -0.3 is 10.1 Å². The first-order valence-corrected chi connectivity index (χ1v) is 4.35. The Morgan fingerprint density at radius 1 is 1.75 bits per heavy atom. The monoisotopic (exact) mass is 281 g/mol. The number of nitrogens with one attached hydrogen (secondary N) is 1. The Morgan fingerprint density at radius 3 is 2.75 bits per heavy atom. The number of rotatable bonds is 3. The predicted octanol–water partition coefficient (Wildman–Crippen LogP) is 0.0600. The number of hydrogen-bond acceptors (Lipinski definition) is 3. The van der Waals surface area contributed by atoms with E-state index in [9.17, 15) is 9.59 Å². The average Bonchev–Trinajstić information content (AvgIpc) is 2.00. The van der Waals surface area contributed by atoms with Gasteiger partial charge >= 0.3 is 5.97 Å². The summed E-state index contributed by atoms with van der Waals surface area (Å²) in [7, 11) is 0. The van der Waals surface area contributed by atoms with E-state index < -0.39 is 10.1 Å². The van der Waals surface area contributed by atoms with Gasteiger partial charge in [-0.1, -0.05) is 5.92 Å². The first kappa shape index (κ1) is 11.2. The van der Waals surface area contributed by atoms with E-state index in [-0.39, 0.29) is 12.5 Å². The van der Waals surface area contributed by atoms with Crippen LogP contribution in [0.5, 0.6) is 0 Å². The Labute approximate surface area is 84.2 Å². The summed E-state index contributed by atoms with van der Waals surface area (Å²) in [6, 6.07) is 0. The Morgan fingerprint density at radius 2 is 2.33 bits per heavy atom. The third-order valence-corrected chi connectivity index (χ3v) is 1.46. The SMILES string of the molecule is C#CC(I)OC(=O)CNC(C)=O. The molecule has 0 bridgehead atoms. The van der Waals surface area contributed by atoms with Crippen LogP contribution in [-0.2, 0) is 14.3 Å². The van der Waals surface area contributed by atoms with Gasteiger partial charge in [0.25, 0.3) is 0 Å². The minimum Gasteiger partial charge on any atom is -0.438 e. The summed E-state index contributed by atoms with van der Waals surface area (Å²) < 4.78 is 4.07. The van der Waals surface area contributed by atoms with E-state index in [2.05, 4.69) is 16.0 Å². The highest BCUT2D eigenvalue weighted by Gasteiger charge is 2.07. The zero-order chi connectivity index (χ0) is 9.56. The molecule has 1 unspecified atom stereocenters. The van der Waals surface area contributed by atoms with Crippen molar-refractivity contribution in [3.8, 4) is 12.3 Å². The van der Waals surface area contributed by atoms with E-state index in [0.29, 0.717) is 0 Å². The van der Waals surface area contributed by atoms with Crippen molar-refractivity contribution in [2.45, 2.75) is 11.0 Å². The lowest BCUT2D eigenvalue weighted by Gasteiger charge is -2.05. The van der Waals surface area contributed by atoms with Crippen LogP contribution in [0.1, 0.15) is 6.92 Å². The zero-order valence-corrected chi connectivity index (χ0v) is 8.62. The van der Waals surface area contributed by atoms with E-state index in [1.165, 1.54) is 6.92 Å². The number of amides is 1. The topological polar surface area (TPSA) is 55.4 Å². The van der Waals surface area contributed by atoms with Crippen molar-refractivity contribution in [1.29, 1.82) is 0 Å². The van der Waals surface area contributed by atoms with Crippen molar-refractivity contribution in [1.82, 2.24) is 5.32 Å².